The van der Waals surface area contributed by atoms with E-state index in [0.29, 0.717) is 39.5 Å². The Hall–Kier alpha value is -0.690. The summed E-state index contributed by atoms with van der Waals surface area (Å²) in [5, 5.41) is 0. The zero-order chi connectivity index (χ0) is 11.1. The highest BCUT2D eigenvalue weighted by molar-refractivity contribution is 5.80. The van der Waals surface area contributed by atoms with Gasteiger partial charge >= 0.3 is 0 Å². The first kappa shape index (κ1) is 12.4. The molecule has 0 aromatic carbocycles. The average molecular weight is 217 g/mol. The molecule has 0 aromatic rings. The van der Waals surface area contributed by atoms with Gasteiger partial charge in [-0.25, -0.2) is 0 Å². The van der Waals surface area contributed by atoms with E-state index in [9.17, 15) is 4.79 Å². The summed E-state index contributed by atoms with van der Waals surface area (Å²) in [5.41, 5.74) is 10.6. The summed E-state index contributed by atoms with van der Waals surface area (Å²) >= 11 is 0. The van der Waals surface area contributed by atoms with Crippen LogP contribution >= 0.6 is 0 Å². The number of nitrogens with two attached hydrogens (primary N) is 2. The fourth-order valence-electron chi connectivity index (χ4n) is 1.53. The van der Waals surface area contributed by atoms with Crippen molar-refractivity contribution >= 4 is 5.91 Å². The predicted octanol–water partition coefficient (Wildman–Crippen LogP) is -1.85. The molecular weight excluding hydrogens is 198 g/mol. The number of ether oxygens (including phenoxy) is 2. The fraction of sp³-hybridized carbons (Fsp3) is 0.889. The molecule has 88 valence electrons. The van der Waals surface area contributed by atoms with Crippen LogP contribution in [0.25, 0.3) is 0 Å². The van der Waals surface area contributed by atoms with Gasteiger partial charge in [0.25, 0.3) is 0 Å². The molecule has 1 aliphatic heterocycles. The first-order valence-electron chi connectivity index (χ1n) is 5.14. The van der Waals surface area contributed by atoms with E-state index < -0.39 is 0 Å². The molecule has 0 bridgehead atoms. The highest BCUT2D eigenvalue weighted by atomic mass is 16.5. The maximum Gasteiger partial charge on any atom is 0.237 e. The number of morpholine rings is 1. The van der Waals surface area contributed by atoms with E-state index in [4.69, 9.17) is 20.9 Å². The Morgan fingerprint density at radius 2 is 2.33 bits per heavy atom. The lowest BCUT2D eigenvalue weighted by Gasteiger charge is -2.33. The predicted molar refractivity (Wildman–Crippen MR) is 55.2 cm³/mol. The number of amides is 1. The molecule has 0 aliphatic carbocycles. The van der Waals surface area contributed by atoms with E-state index in [2.05, 4.69) is 0 Å². The van der Waals surface area contributed by atoms with Crippen molar-refractivity contribution in [2.24, 2.45) is 11.5 Å². The van der Waals surface area contributed by atoms with Crippen LogP contribution in [0.2, 0.25) is 0 Å². The number of nitrogens with zero attached hydrogens (tertiary/aromatic N) is 1. The van der Waals surface area contributed by atoms with E-state index in [1.807, 2.05) is 4.90 Å². The first-order valence-corrected chi connectivity index (χ1v) is 5.14. The Balaban J connectivity index is 2.26. The highest BCUT2D eigenvalue weighted by Crippen LogP contribution is 2.05. The lowest BCUT2D eigenvalue weighted by Crippen LogP contribution is -2.53. The summed E-state index contributed by atoms with van der Waals surface area (Å²) in [7, 11) is 0. The molecule has 1 saturated heterocycles. The summed E-state index contributed by atoms with van der Waals surface area (Å²) in [5.74, 6) is -0.339. The zero-order valence-electron chi connectivity index (χ0n) is 8.85. The second-order valence-corrected chi connectivity index (χ2v) is 3.43. The maximum absolute atomic E-state index is 11.1. The lowest BCUT2D eigenvalue weighted by atomic mass is 10.2. The number of carbonyl (C=O) groups excluding carboxylic acids is 1. The van der Waals surface area contributed by atoms with Crippen molar-refractivity contribution in [2.45, 2.75) is 6.04 Å². The monoisotopic (exact) mass is 217 g/mol. The smallest absolute Gasteiger partial charge is 0.237 e. The quantitative estimate of drug-likeness (QED) is 0.510. The van der Waals surface area contributed by atoms with Gasteiger partial charge in [0.15, 0.2) is 0 Å². The minimum Gasteiger partial charge on any atom is -0.379 e. The van der Waals surface area contributed by atoms with Gasteiger partial charge in [-0.2, -0.15) is 0 Å². The molecule has 0 aromatic heterocycles. The SMILES string of the molecule is NCCOCCN1CCOCC1C(N)=O. The fourth-order valence-corrected chi connectivity index (χ4v) is 1.53. The molecule has 4 N–H and O–H groups in total. The van der Waals surface area contributed by atoms with E-state index in [1.54, 1.807) is 0 Å². The van der Waals surface area contributed by atoms with Crippen LogP contribution in [0.5, 0.6) is 0 Å². The molecule has 1 atom stereocenters. The molecular formula is C9H19N3O3. The van der Waals surface area contributed by atoms with Crippen molar-refractivity contribution in [3.63, 3.8) is 0 Å². The molecule has 1 unspecified atom stereocenters. The van der Waals surface area contributed by atoms with Crippen LogP contribution in [0.15, 0.2) is 0 Å². The van der Waals surface area contributed by atoms with Gasteiger partial charge in [0.1, 0.15) is 6.04 Å². The Morgan fingerprint density at radius 1 is 1.53 bits per heavy atom. The van der Waals surface area contributed by atoms with Crippen molar-refractivity contribution in [1.82, 2.24) is 4.90 Å². The van der Waals surface area contributed by atoms with Crippen molar-refractivity contribution in [3.05, 3.63) is 0 Å². The largest absolute Gasteiger partial charge is 0.379 e. The van der Waals surface area contributed by atoms with Crippen LogP contribution in [-0.4, -0.2) is 62.9 Å². The van der Waals surface area contributed by atoms with Crippen LogP contribution < -0.4 is 11.5 Å². The van der Waals surface area contributed by atoms with Crippen LogP contribution in [0.1, 0.15) is 0 Å². The molecule has 0 saturated carbocycles. The summed E-state index contributed by atoms with van der Waals surface area (Å²) < 4.78 is 10.5. The van der Waals surface area contributed by atoms with Gasteiger partial charge in [-0.05, 0) is 0 Å². The van der Waals surface area contributed by atoms with Crippen LogP contribution in [0, 0.1) is 0 Å². The molecule has 6 heteroatoms. The minimum atomic E-state index is -0.339. The Bertz CT molecular complexity index is 201. The first-order chi connectivity index (χ1) is 7.25. The molecule has 1 heterocycles. The van der Waals surface area contributed by atoms with Gasteiger partial charge in [0.05, 0.1) is 26.4 Å². The number of hydrogen-bond acceptors (Lipinski definition) is 5. The summed E-state index contributed by atoms with van der Waals surface area (Å²) in [6.45, 7) is 4.07. The molecule has 6 nitrogen and oxygen atoms in total. The normalized spacial score (nSPS) is 22.9. The third-order valence-electron chi connectivity index (χ3n) is 2.35. The van der Waals surface area contributed by atoms with Crippen molar-refractivity contribution in [2.75, 3.05) is 46.1 Å². The van der Waals surface area contributed by atoms with Gasteiger partial charge < -0.3 is 20.9 Å². The van der Waals surface area contributed by atoms with Gasteiger partial charge in [-0.1, -0.05) is 0 Å². The Labute approximate surface area is 89.5 Å². The summed E-state index contributed by atoms with van der Waals surface area (Å²) in [6, 6.07) is -0.319. The van der Waals surface area contributed by atoms with Crippen molar-refractivity contribution in [3.8, 4) is 0 Å². The van der Waals surface area contributed by atoms with Gasteiger partial charge in [-0.15, -0.1) is 0 Å². The van der Waals surface area contributed by atoms with Gasteiger partial charge in [-0.3, -0.25) is 9.69 Å². The Morgan fingerprint density at radius 3 is 3.00 bits per heavy atom. The third-order valence-corrected chi connectivity index (χ3v) is 2.35. The second-order valence-electron chi connectivity index (χ2n) is 3.43. The van der Waals surface area contributed by atoms with Gasteiger partial charge in [0, 0.05) is 19.6 Å². The standard InChI is InChI=1S/C9H19N3O3/c10-1-4-14-5-2-12-3-6-15-7-8(12)9(11)13/h8H,1-7,10H2,(H2,11,13). The van der Waals surface area contributed by atoms with E-state index in [1.165, 1.54) is 0 Å². The van der Waals surface area contributed by atoms with Crippen molar-refractivity contribution in [1.29, 1.82) is 0 Å². The summed E-state index contributed by atoms with van der Waals surface area (Å²) in [4.78, 5) is 13.1. The number of primary amides is 1. The third kappa shape index (κ3) is 4.13. The number of hydrogen-bond donors (Lipinski definition) is 2. The minimum absolute atomic E-state index is 0.319. The van der Waals surface area contributed by atoms with Crippen LogP contribution in [0.3, 0.4) is 0 Å². The molecule has 1 aliphatic rings. The molecule has 1 rings (SSSR count). The second kappa shape index (κ2) is 6.73. The van der Waals surface area contributed by atoms with Crippen LogP contribution in [-0.2, 0) is 14.3 Å². The maximum atomic E-state index is 11.1. The molecule has 0 spiro atoms. The highest BCUT2D eigenvalue weighted by Gasteiger charge is 2.26. The Kier molecular flexibility index (Phi) is 5.56. The average Bonchev–Trinajstić information content (AvgIpc) is 2.25. The van der Waals surface area contributed by atoms with Crippen molar-refractivity contribution < 1.29 is 14.3 Å². The zero-order valence-corrected chi connectivity index (χ0v) is 8.85. The molecule has 1 amide bonds. The van der Waals surface area contributed by atoms with E-state index in [-0.39, 0.29) is 11.9 Å². The molecule has 0 radical (unpaired) electrons. The molecule has 15 heavy (non-hydrogen) atoms. The van der Waals surface area contributed by atoms with Gasteiger partial charge in [0.2, 0.25) is 5.91 Å². The van der Waals surface area contributed by atoms with Crippen LogP contribution in [0.4, 0.5) is 0 Å². The topological polar surface area (TPSA) is 90.8 Å². The lowest BCUT2D eigenvalue weighted by molar-refractivity contribution is -0.129. The number of carbonyl (C=O) groups is 1. The van der Waals surface area contributed by atoms with E-state index in [0.717, 1.165) is 6.54 Å². The summed E-state index contributed by atoms with van der Waals surface area (Å²) in [6.07, 6.45) is 0. The number of rotatable bonds is 6. The van der Waals surface area contributed by atoms with E-state index >= 15 is 0 Å². The molecule has 1 fully saturated rings.